The summed E-state index contributed by atoms with van der Waals surface area (Å²) in [6, 6.07) is 18.4. The average molecular weight is 573 g/mol. The summed E-state index contributed by atoms with van der Waals surface area (Å²) in [5, 5.41) is 14.3. The van der Waals surface area contributed by atoms with E-state index in [1.54, 1.807) is 42.8 Å². The SMILES string of the molecule is Cc1cc(C)c(C)c(S(=O)(=O)N(CC(N)=O)c2cccc(-n3ncc(C(=O)O)c3[C@@H]3C[C@H]3c3ccccc3)c2)c1C. The fourth-order valence-corrected chi connectivity index (χ4v) is 7.57. The number of carbonyl (C=O) groups is 2. The Hall–Kier alpha value is -4.44. The fraction of sp³-hybridized carbons (Fsp3) is 0.258. The first-order valence-corrected chi connectivity index (χ1v) is 14.7. The van der Waals surface area contributed by atoms with Crippen LogP contribution in [0.2, 0.25) is 0 Å². The van der Waals surface area contributed by atoms with Crippen LogP contribution in [0, 0.1) is 27.7 Å². The highest BCUT2D eigenvalue weighted by molar-refractivity contribution is 7.93. The number of primary amides is 1. The van der Waals surface area contributed by atoms with Crippen LogP contribution in [-0.4, -0.2) is 41.7 Å². The summed E-state index contributed by atoms with van der Waals surface area (Å²) in [4.78, 5) is 24.4. The molecule has 3 N–H and O–H groups in total. The van der Waals surface area contributed by atoms with Crippen LogP contribution < -0.4 is 10.0 Å². The molecule has 3 aromatic carbocycles. The Morgan fingerprint density at radius 1 is 0.976 bits per heavy atom. The Bertz CT molecular complexity index is 1750. The molecule has 5 rings (SSSR count). The van der Waals surface area contributed by atoms with E-state index in [2.05, 4.69) is 5.10 Å². The van der Waals surface area contributed by atoms with Gasteiger partial charge in [-0.25, -0.2) is 17.9 Å². The number of nitrogens with two attached hydrogens (primary N) is 1. The van der Waals surface area contributed by atoms with Gasteiger partial charge in [0.05, 0.1) is 28.2 Å². The molecule has 4 aromatic rings. The normalized spacial score (nSPS) is 16.4. The van der Waals surface area contributed by atoms with Crippen LogP contribution >= 0.6 is 0 Å². The van der Waals surface area contributed by atoms with E-state index < -0.39 is 28.4 Å². The van der Waals surface area contributed by atoms with Crippen LogP contribution in [0.5, 0.6) is 0 Å². The number of anilines is 1. The van der Waals surface area contributed by atoms with Crippen molar-refractivity contribution >= 4 is 27.6 Å². The zero-order valence-corrected chi connectivity index (χ0v) is 24.1. The molecule has 9 nitrogen and oxygen atoms in total. The van der Waals surface area contributed by atoms with Gasteiger partial charge in [-0.1, -0.05) is 42.5 Å². The van der Waals surface area contributed by atoms with Crippen LogP contribution in [0.15, 0.2) is 71.8 Å². The number of hydrogen-bond acceptors (Lipinski definition) is 5. The quantitative estimate of drug-likeness (QED) is 0.297. The number of amides is 1. The van der Waals surface area contributed by atoms with E-state index in [1.807, 2.05) is 50.2 Å². The number of nitrogens with zero attached hydrogens (tertiary/aromatic N) is 3. The highest BCUT2D eigenvalue weighted by atomic mass is 32.2. The van der Waals surface area contributed by atoms with Gasteiger partial charge in [0.2, 0.25) is 5.91 Å². The molecular weight excluding hydrogens is 540 g/mol. The molecule has 1 fully saturated rings. The van der Waals surface area contributed by atoms with E-state index in [9.17, 15) is 23.1 Å². The standard InChI is InChI=1S/C31H32N4O5S/c1-18-13-19(2)21(4)30(20(18)3)41(39,40)34(17-28(32)36)23-11-8-12-24(14-23)35-29(27(16-33-35)31(37)38)26-15-25(26)22-9-6-5-7-10-22/h5-14,16,25-26H,15,17H2,1-4H3,(H2,32,36)(H,37,38)/t25-,26+/m0/s1. The summed E-state index contributed by atoms with van der Waals surface area (Å²) >= 11 is 0. The van der Waals surface area contributed by atoms with Gasteiger partial charge in [0.1, 0.15) is 12.1 Å². The van der Waals surface area contributed by atoms with Crippen molar-refractivity contribution < 1.29 is 23.1 Å². The minimum absolute atomic E-state index is 0.0688. The molecule has 41 heavy (non-hydrogen) atoms. The number of aromatic carboxylic acids is 1. The minimum atomic E-state index is -4.21. The van der Waals surface area contributed by atoms with Crippen LogP contribution in [0.4, 0.5) is 5.69 Å². The van der Waals surface area contributed by atoms with Gasteiger partial charge in [0, 0.05) is 5.92 Å². The van der Waals surface area contributed by atoms with Crippen molar-refractivity contribution in [2.24, 2.45) is 5.73 Å². The molecule has 0 radical (unpaired) electrons. The number of rotatable bonds is 9. The lowest BCUT2D eigenvalue weighted by atomic mass is 10.0. The number of benzene rings is 3. The molecule has 0 aliphatic heterocycles. The average Bonchev–Trinajstić information content (AvgIpc) is 3.60. The molecular formula is C31H32N4O5S. The zero-order valence-electron chi connectivity index (χ0n) is 23.3. The summed E-state index contributed by atoms with van der Waals surface area (Å²) in [5.74, 6) is -1.81. The lowest BCUT2D eigenvalue weighted by Crippen LogP contribution is -2.39. The fourth-order valence-electron chi connectivity index (χ4n) is 5.57. The van der Waals surface area contributed by atoms with E-state index in [0.29, 0.717) is 22.5 Å². The molecule has 0 unspecified atom stereocenters. The summed E-state index contributed by atoms with van der Waals surface area (Å²) < 4.78 is 30.9. The Balaban J connectivity index is 1.61. The first kappa shape index (κ1) is 28.1. The number of carboxylic acids is 1. The predicted molar refractivity (Wildman–Crippen MR) is 156 cm³/mol. The lowest BCUT2D eigenvalue weighted by molar-refractivity contribution is -0.116. The minimum Gasteiger partial charge on any atom is -0.478 e. The number of aryl methyl sites for hydroxylation is 2. The number of hydrogen-bond donors (Lipinski definition) is 2. The smallest absolute Gasteiger partial charge is 0.339 e. The maximum absolute atomic E-state index is 14.2. The molecule has 1 aliphatic carbocycles. The summed E-state index contributed by atoms with van der Waals surface area (Å²) in [6.45, 7) is 6.62. The second-order valence-corrected chi connectivity index (χ2v) is 12.4. The van der Waals surface area contributed by atoms with Gasteiger partial charge < -0.3 is 10.8 Å². The molecule has 1 aliphatic rings. The maximum atomic E-state index is 14.2. The van der Waals surface area contributed by atoms with Gasteiger partial charge in [-0.3, -0.25) is 9.10 Å². The molecule has 0 saturated heterocycles. The highest BCUT2D eigenvalue weighted by Crippen LogP contribution is 2.55. The van der Waals surface area contributed by atoms with Crippen molar-refractivity contribution in [3.63, 3.8) is 0 Å². The molecule has 1 aromatic heterocycles. The molecule has 1 saturated carbocycles. The molecule has 1 heterocycles. The van der Waals surface area contributed by atoms with E-state index in [0.717, 1.165) is 27.4 Å². The van der Waals surface area contributed by atoms with Crippen molar-refractivity contribution in [1.82, 2.24) is 9.78 Å². The Kier molecular flexibility index (Phi) is 7.21. The van der Waals surface area contributed by atoms with E-state index in [-0.39, 0.29) is 28.0 Å². The molecule has 2 atom stereocenters. The zero-order chi connectivity index (χ0) is 29.6. The topological polar surface area (TPSA) is 136 Å². The predicted octanol–water partition coefficient (Wildman–Crippen LogP) is 4.76. The largest absolute Gasteiger partial charge is 0.478 e. The Morgan fingerprint density at radius 2 is 1.63 bits per heavy atom. The first-order chi connectivity index (χ1) is 19.4. The second kappa shape index (κ2) is 10.5. The molecule has 1 amide bonds. The van der Waals surface area contributed by atoms with Crippen molar-refractivity contribution in [2.45, 2.75) is 50.8 Å². The maximum Gasteiger partial charge on any atom is 0.339 e. The van der Waals surface area contributed by atoms with Crippen LogP contribution in [-0.2, 0) is 14.8 Å². The number of sulfonamides is 1. The van der Waals surface area contributed by atoms with Crippen LogP contribution in [0.3, 0.4) is 0 Å². The van der Waals surface area contributed by atoms with E-state index >= 15 is 0 Å². The lowest BCUT2D eigenvalue weighted by Gasteiger charge is -2.26. The number of carbonyl (C=O) groups excluding carboxylic acids is 1. The van der Waals surface area contributed by atoms with E-state index in [1.165, 1.54) is 6.20 Å². The van der Waals surface area contributed by atoms with Crippen molar-refractivity contribution in [3.05, 3.63) is 106 Å². The van der Waals surface area contributed by atoms with E-state index in [4.69, 9.17) is 5.73 Å². The Morgan fingerprint density at radius 3 is 2.24 bits per heavy atom. The van der Waals surface area contributed by atoms with Crippen molar-refractivity contribution in [3.8, 4) is 5.69 Å². The van der Waals surface area contributed by atoms with Crippen LogP contribution in [0.1, 0.15) is 62.1 Å². The van der Waals surface area contributed by atoms with Gasteiger partial charge in [-0.15, -0.1) is 0 Å². The molecule has 0 bridgehead atoms. The summed E-state index contributed by atoms with van der Waals surface area (Å²) in [7, 11) is -4.21. The van der Waals surface area contributed by atoms with Crippen LogP contribution in [0.25, 0.3) is 5.69 Å². The summed E-state index contributed by atoms with van der Waals surface area (Å²) in [5.41, 5.74) is 10.8. The second-order valence-electron chi connectivity index (χ2n) is 10.6. The van der Waals surface area contributed by atoms with Crippen molar-refractivity contribution in [1.29, 1.82) is 0 Å². The molecule has 212 valence electrons. The van der Waals surface area contributed by atoms with Gasteiger partial charge in [-0.05, 0) is 86.1 Å². The molecule has 0 spiro atoms. The Labute approximate surface area is 239 Å². The van der Waals surface area contributed by atoms with Gasteiger partial charge in [0.25, 0.3) is 10.0 Å². The van der Waals surface area contributed by atoms with Gasteiger partial charge >= 0.3 is 5.97 Å². The number of aromatic nitrogens is 2. The van der Waals surface area contributed by atoms with Gasteiger partial charge in [0.15, 0.2) is 0 Å². The number of carboxylic acid groups (broad SMARTS) is 1. The third kappa shape index (κ3) is 5.11. The third-order valence-electron chi connectivity index (χ3n) is 7.91. The van der Waals surface area contributed by atoms with Crippen molar-refractivity contribution in [2.75, 3.05) is 10.8 Å². The highest BCUT2D eigenvalue weighted by Gasteiger charge is 2.44. The monoisotopic (exact) mass is 572 g/mol. The summed E-state index contributed by atoms with van der Waals surface area (Å²) in [6.07, 6.45) is 2.09. The van der Waals surface area contributed by atoms with Gasteiger partial charge in [-0.2, -0.15) is 5.10 Å². The third-order valence-corrected chi connectivity index (χ3v) is 9.96. The molecule has 10 heteroatoms. The first-order valence-electron chi connectivity index (χ1n) is 13.3.